The molecule has 0 aromatic heterocycles. The normalized spacial score (nSPS) is 57.6. The molecule has 9 rings (SSSR count). The summed E-state index contributed by atoms with van der Waals surface area (Å²) >= 11 is 0. The van der Waals surface area contributed by atoms with Gasteiger partial charge in [-0.3, -0.25) is 0 Å². The highest BCUT2D eigenvalue weighted by molar-refractivity contribution is 5.08. The molecule has 16 atom stereocenters. The Hall–Kier alpha value is 0. The summed E-state index contributed by atoms with van der Waals surface area (Å²) in [6.45, 7) is 0. The highest BCUT2D eigenvalue weighted by Gasteiger charge is 2.59. The summed E-state index contributed by atoms with van der Waals surface area (Å²) < 4.78 is 0. The first-order valence-corrected chi connectivity index (χ1v) is 19.8. The molecule has 0 aromatic carbocycles. The fourth-order valence-electron chi connectivity index (χ4n) is 16.2. The van der Waals surface area contributed by atoms with Crippen LogP contribution in [0.3, 0.4) is 0 Å². The Morgan fingerprint density at radius 2 is 0.600 bits per heavy atom. The average Bonchev–Trinajstić information content (AvgIpc) is 3.03. The van der Waals surface area contributed by atoms with E-state index in [0.29, 0.717) is 0 Å². The van der Waals surface area contributed by atoms with E-state index in [1.54, 1.807) is 154 Å². The lowest BCUT2D eigenvalue weighted by Gasteiger charge is -2.64. The second kappa shape index (κ2) is 10.9. The van der Waals surface area contributed by atoms with Gasteiger partial charge in [0, 0.05) is 0 Å². The molecule has 0 bridgehead atoms. The second-order valence-electron chi connectivity index (χ2n) is 18.2. The van der Waals surface area contributed by atoms with Crippen molar-refractivity contribution in [3.8, 4) is 0 Å². The molecule has 9 fully saturated rings. The lowest BCUT2D eigenvalue weighted by Crippen LogP contribution is -2.56. The monoisotopic (exact) mass is 545 g/mol. The molecule has 0 heterocycles. The van der Waals surface area contributed by atoms with Crippen LogP contribution in [0.1, 0.15) is 154 Å². The van der Waals surface area contributed by atoms with Gasteiger partial charge in [-0.15, -0.1) is 0 Å². The Balaban J connectivity index is 0.973. The Bertz CT molecular complexity index is 888. The Morgan fingerprint density at radius 1 is 0.200 bits per heavy atom. The molecule has 0 spiro atoms. The van der Waals surface area contributed by atoms with Gasteiger partial charge in [-0.1, -0.05) is 57.8 Å². The molecule has 0 nitrogen and oxygen atoms in total. The average molecular weight is 545 g/mol. The van der Waals surface area contributed by atoms with E-state index in [-0.39, 0.29) is 0 Å². The second-order valence-corrected chi connectivity index (χ2v) is 18.2. The summed E-state index contributed by atoms with van der Waals surface area (Å²) in [5, 5.41) is 0. The maximum absolute atomic E-state index is 1.69. The van der Waals surface area contributed by atoms with E-state index in [0.717, 1.165) is 82.9 Å². The van der Waals surface area contributed by atoms with E-state index in [1.807, 2.05) is 0 Å². The predicted octanol–water partition coefficient (Wildman–Crippen LogP) is 11.3. The largest absolute Gasteiger partial charge is 0.0530 e. The molecule has 0 heteroatoms. The van der Waals surface area contributed by atoms with Crippen molar-refractivity contribution >= 4 is 0 Å². The van der Waals surface area contributed by atoms with Gasteiger partial charge in [-0.25, -0.2) is 0 Å². The predicted molar refractivity (Wildman–Crippen MR) is 167 cm³/mol. The van der Waals surface area contributed by atoms with Crippen molar-refractivity contribution in [3.63, 3.8) is 0 Å². The smallest absolute Gasteiger partial charge is 0.0321 e. The van der Waals surface area contributed by atoms with Gasteiger partial charge in [0.25, 0.3) is 0 Å². The third-order valence-corrected chi connectivity index (χ3v) is 17.4. The Kier molecular flexibility index (Phi) is 7.17. The molecule has 0 radical (unpaired) electrons. The van der Waals surface area contributed by atoms with Crippen LogP contribution in [0, 0.1) is 94.7 Å². The van der Waals surface area contributed by atoms with Crippen LogP contribution in [0.25, 0.3) is 0 Å². The van der Waals surface area contributed by atoms with Gasteiger partial charge >= 0.3 is 0 Å². The van der Waals surface area contributed by atoms with E-state index in [1.165, 1.54) is 11.8 Å². The summed E-state index contributed by atoms with van der Waals surface area (Å²) in [5.74, 6) is 18.4. The van der Waals surface area contributed by atoms with E-state index < -0.39 is 0 Å². The third-order valence-electron chi connectivity index (χ3n) is 17.4. The van der Waals surface area contributed by atoms with Crippen molar-refractivity contribution in [3.05, 3.63) is 0 Å². The molecular weight excluding hydrogens is 480 g/mol. The first-order chi connectivity index (χ1) is 19.8. The molecule has 0 amide bonds. The Morgan fingerprint density at radius 3 is 1.32 bits per heavy atom. The standard InChI is InChI=1S/C40H64/c1-2-8-28-23-30(14-13-25(28)7-1)32-19-15-26-18-22-37-35(20-16-27-17-21-36(32)39(26)40(27)37)38-24-29-9-3-4-10-31(29)33-11-5-6-12-34(33)38/h25-40H,1-24H2. The molecule has 224 valence electrons. The molecule has 9 aliphatic carbocycles. The lowest BCUT2D eigenvalue weighted by molar-refractivity contribution is -0.148. The van der Waals surface area contributed by atoms with Gasteiger partial charge < -0.3 is 0 Å². The van der Waals surface area contributed by atoms with Gasteiger partial charge in [-0.2, -0.15) is 0 Å². The van der Waals surface area contributed by atoms with Gasteiger partial charge in [0.1, 0.15) is 0 Å². The molecule has 0 aromatic rings. The van der Waals surface area contributed by atoms with E-state index in [2.05, 4.69) is 0 Å². The summed E-state index contributed by atoms with van der Waals surface area (Å²) in [6.07, 6.45) is 38.9. The van der Waals surface area contributed by atoms with Crippen molar-refractivity contribution in [2.75, 3.05) is 0 Å². The van der Waals surface area contributed by atoms with Crippen LogP contribution < -0.4 is 0 Å². The topological polar surface area (TPSA) is 0 Å². The van der Waals surface area contributed by atoms with Crippen LogP contribution in [0.4, 0.5) is 0 Å². The lowest BCUT2D eigenvalue weighted by atomic mass is 9.41. The molecule has 0 saturated heterocycles. The van der Waals surface area contributed by atoms with Crippen molar-refractivity contribution in [1.29, 1.82) is 0 Å². The minimum atomic E-state index is 1.13. The Labute approximate surface area is 248 Å². The first-order valence-electron chi connectivity index (χ1n) is 19.8. The zero-order valence-electron chi connectivity index (χ0n) is 26.2. The molecule has 16 unspecified atom stereocenters. The summed E-state index contributed by atoms with van der Waals surface area (Å²) in [4.78, 5) is 0. The van der Waals surface area contributed by atoms with Crippen LogP contribution in [0.15, 0.2) is 0 Å². The number of fused-ring (bicyclic) bond motifs is 4. The van der Waals surface area contributed by atoms with Crippen LogP contribution in [-0.4, -0.2) is 0 Å². The summed E-state index contributed by atoms with van der Waals surface area (Å²) in [7, 11) is 0. The molecule has 9 saturated carbocycles. The van der Waals surface area contributed by atoms with Crippen molar-refractivity contribution in [1.82, 2.24) is 0 Å². The van der Waals surface area contributed by atoms with Gasteiger partial charge in [0.05, 0.1) is 0 Å². The number of rotatable bonds is 2. The fourth-order valence-corrected chi connectivity index (χ4v) is 16.2. The minimum Gasteiger partial charge on any atom is -0.0530 e. The van der Waals surface area contributed by atoms with E-state index >= 15 is 0 Å². The fraction of sp³-hybridized carbons (Fsp3) is 1.00. The SMILES string of the molecule is C1CCC2CC(C3CCC4CCC5C(C6CC7CCCCC7C7CCCCC76)CCC6CCC3C4C65)CCC2C1. The molecule has 0 N–H and O–H groups in total. The molecular formula is C40H64. The van der Waals surface area contributed by atoms with E-state index in [9.17, 15) is 0 Å². The highest BCUT2D eigenvalue weighted by atomic mass is 14.6. The van der Waals surface area contributed by atoms with Gasteiger partial charge in [0.15, 0.2) is 0 Å². The van der Waals surface area contributed by atoms with Crippen LogP contribution >= 0.6 is 0 Å². The quantitative estimate of drug-likeness (QED) is 0.324. The summed E-state index contributed by atoms with van der Waals surface area (Å²) in [6, 6.07) is 0. The molecule has 0 aliphatic heterocycles. The zero-order chi connectivity index (χ0) is 26.2. The maximum Gasteiger partial charge on any atom is -0.0321 e. The number of hydrogen-bond acceptors (Lipinski definition) is 0. The third kappa shape index (κ3) is 4.30. The summed E-state index contributed by atoms with van der Waals surface area (Å²) in [5.41, 5.74) is 0. The van der Waals surface area contributed by atoms with Crippen molar-refractivity contribution in [2.24, 2.45) is 94.7 Å². The van der Waals surface area contributed by atoms with Crippen molar-refractivity contribution in [2.45, 2.75) is 154 Å². The minimum absolute atomic E-state index is 1.13. The van der Waals surface area contributed by atoms with Crippen molar-refractivity contribution < 1.29 is 0 Å². The van der Waals surface area contributed by atoms with Crippen LogP contribution in [0.5, 0.6) is 0 Å². The van der Waals surface area contributed by atoms with Crippen LogP contribution in [-0.2, 0) is 0 Å². The van der Waals surface area contributed by atoms with Crippen LogP contribution in [0.2, 0.25) is 0 Å². The molecule has 9 aliphatic rings. The van der Waals surface area contributed by atoms with E-state index in [4.69, 9.17) is 0 Å². The zero-order valence-corrected chi connectivity index (χ0v) is 26.2. The first kappa shape index (κ1) is 26.4. The van der Waals surface area contributed by atoms with Gasteiger partial charge in [0.2, 0.25) is 0 Å². The highest BCUT2D eigenvalue weighted by Crippen LogP contribution is 2.67. The molecule has 40 heavy (non-hydrogen) atoms. The van der Waals surface area contributed by atoms with Gasteiger partial charge in [-0.05, 0) is 191 Å². The number of hydrogen-bond donors (Lipinski definition) is 0. The maximum atomic E-state index is 1.69.